The molecule has 5 unspecified atom stereocenters. The van der Waals surface area contributed by atoms with Crippen LogP contribution in [0.4, 0.5) is 0 Å². The zero-order valence-corrected chi connectivity index (χ0v) is 23.0. The predicted molar refractivity (Wildman–Crippen MR) is 140 cm³/mol. The van der Waals surface area contributed by atoms with Crippen LogP contribution < -0.4 is 0 Å². The van der Waals surface area contributed by atoms with Gasteiger partial charge in [0.05, 0.1) is 13.2 Å². The number of hydrogen-bond donors (Lipinski definition) is 0. The molecule has 4 saturated heterocycles. The van der Waals surface area contributed by atoms with Crippen molar-refractivity contribution in [3.05, 3.63) is 0 Å². The average molecular weight is 472 g/mol. The van der Waals surface area contributed by atoms with E-state index in [-0.39, 0.29) is 0 Å². The maximum atomic E-state index is 5.64. The molecule has 0 radical (unpaired) electrons. The standard InChI is InChI=1S/C30H53N3O/c1-22(2)31-15-12-29(13-16-31)18-26(29)27-8-11-30(33(27)23(3)4)10-7-25(30)17-24(5)32-14-6-9-28(19-32)20-34-21-28/h22-27H,6-21H2,1-5H3. The minimum absolute atomic E-state index is 0.512. The van der Waals surface area contributed by atoms with Crippen LogP contribution in [-0.4, -0.2) is 83.8 Å². The molecule has 2 aliphatic carbocycles. The maximum Gasteiger partial charge on any atom is 0.0557 e. The fraction of sp³-hybridized carbons (Fsp3) is 1.00. The molecule has 34 heavy (non-hydrogen) atoms. The molecule has 6 fully saturated rings. The molecule has 4 heterocycles. The smallest absolute Gasteiger partial charge is 0.0557 e. The van der Waals surface area contributed by atoms with Gasteiger partial charge in [0, 0.05) is 41.7 Å². The Bertz CT molecular complexity index is 739. The van der Waals surface area contributed by atoms with E-state index in [0.29, 0.717) is 22.4 Å². The molecule has 4 aliphatic heterocycles. The molecule has 3 spiro atoms. The Kier molecular flexibility index (Phi) is 6.19. The molecule has 0 aromatic carbocycles. The molecular formula is C30H53N3O. The Hall–Kier alpha value is -0.160. The van der Waals surface area contributed by atoms with Crippen molar-refractivity contribution in [3.63, 3.8) is 0 Å². The van der Waals surface area contributed by atoms with Crippen molar-refractivity contribution in [3.8, 4) is 0 Å². The zero-order chi connectivity index (χ0) is 23.7. The predicted octanol–water partition coefficient (Wildman–Crippen LogP) is 5.41. The first kappa shape index (κ1) is 24.2. The van der Waals surface area contributed by atoms with Crippen LogP contribution in [0.3, 0.4) is 0 Å². The first-order valence-corrected chi connectivity index (χ1v) is 15.1. The lowest BCUT2D eigenvalue weighted by Crippen LogP contribution is -2.62. The van der Waals surface area contributed by atoms with Crippen molar-refractivity contribution in [2.24, 2.45) is 22.7 Å². The van der Waals surface area contributed by atoms with E-state index in [9.17, 15) is 0 Å². The highest BCUT2D eigenvalue weighted by atomic mass is 16.5. The monoisotopic (exact) mass is 471 g/mol. The Morgan fingerprint density at radius 2 is 1.56 bits per heavy atom. The molecule has 6 rings (SSSR count). The molecule has 5 atom stereocenters. The van der Waals surface area contributed by atoms with Gasteiger partial charge in [0.25, 0.3) is 0 Å². The van der Waals surface area contributed by atoms with Crippen molar-refractivity contribution in [2.75, 3.05) is 39.4 Å². The molecule has 6 aliphatic rings. The van der Waals surface area contributed by atoms with Gasteiger partial charge >= 0.3 is 0 Å². The summed E-state index contributed by atoms with van der Waals surface area (Å²) in [6, 6.07) is 3.03. The van der Waals surface area contributed by atoms with E-state index in [0.717, 1.165) is 43.2 Å². The summed E-state index contributed by atoms with van der Waals surface area (Å²) < 4.78 is 5.64. The number of ether oxygens (including phenoxy) is 1. The summed E-state index contributed by atoms with van der Waals surface area (Å²) in [7, 11) is 0. The van der Waals surface area contributed by atoms with E-state index in [4.69, 9.17) is 4.74 Å². The highest BCUT2D eigenvalue weighted by molar-refractivity contribution is 5.18. The van der Waals surface area contributed by atoms with E-state index >= 15 is 0 Å². The van der Waals surface area contributed by atoms with Crippen LogP contribution in [-0.2, 0) is 4.74 Å². The molecule has 0 aromatic rings. The van der Waals surface area contributed by atoms with Crippen LogP contribution in [0.5, 0.6) is 0 Å². The van der Waals surface area contributed by atoms with Crippen LogP contribution in [0.25, 0.3) is 0 Å². The normalized spacial score (nSPS) is 40.9. The fourth-order valence-electron chi connectivity index (χ4n) is 9.77. The molecule has 2 saturated carbocycles. The van der Waals surface area contributed by atoms with E-state index in [1.807, 2.05) is 0 Å². The molecule has 0 bridgehead atoms. The summed E-state index contributed by atoms with van der Waals surface area (Å²) in [4.78, 5) is 8.70. The molecular weight excluding hydrogens is 418 g/mol. The Morgan fingerprint density at radius 3 is 2.15 bits per heavy atom. The average Bonchev–Trinajstić information content (AvgIpc) is 3.30. The van der Waals surface area contributed by atoms with Crippen LogP contribution in [0.1, 0.15) is 98.8 Å². The largest absolute Gasteiger partial charge is 0.380 e. The highest BCUT2D eigenvalue weighted by Crippen LogP contribution is 2.66. The Balaban J connectivity index is 1.11. The van der Waals surface area contributed by atoms with Gasteiger partial charge in [0.15, 0.2) is 0 Å². The van der Waals surface area contributed by atoms with Gasteiger partial charge in [-0.25, -0.2) is 0 Å². The summed E-state index contributed by atoms with van der Waals surface area (Å²) >= 11 is 0. The van der Waals surface area contributed by atoms with Gasteiger partial charge in [-0.1, -0.05) is 0 Å². The molecule has 0 amide bonds. The second kappa shape index (κ2) is 8.71. The third-order valence-corrected chi connectivity index (χ3v) is 12.0. The van der Waals surface area contributed by atoms with Crippen molar-refractivity contribution in [1.82, 2.24) is 14.7 Å². The lowest BCUT2D eigenvalue weighted by Gasteiger charge is -2.57. The van der Waals surface area contributed by atoms with Crippen molar-refractivity contribution in [1.29, 1.82) is 0 Å². The van der Waals surface area contributed by atoms with Crippen LogP contribution in [0.2, 0.25) is 0 Å². The van der Waals surface area contributed by atoms with Gasteiger partial charge in [0.1, 0.15) is 0 Å². The minimum Gasteiger partial charge on any atom is -0.380 e. The summed E-state index contributed by atoms with van der Waals surface area (Å²) in [5.41, 5.74) is 1.74. The molecule has 194 valence electrons. The fourth-order valence-corrected chi connectivity index (χ4v) is 9.77. The second-order valence-electron chi connectivity index (χ2n) is 14.4. The second-order valence-corrected chi connectivity index (χ2v) is 14.4. The van der Waals surface area contributed by atoms with Crippen LogP contribution in [0, 0.1) is 22.7 Å². The number of piperidine rings is 2. The molecule has 0 N–H and O–H groups in total. The highest BCUT2D eigenvalue weighted by Gasteiger charge is 2.65. The zero-order valence-electron chi connectivity index (χ0n) is 23.0. The van der Waals surface area contributed by atoms with Crippen LogP contribution in [0.15, 0.2) is 0 Å². The number of hydrogen-bond acceptors (Lipinski definition) is 4. The van der Waals surface area contributed by atoms with Crippen molar-refractivity contribution < 1.29 is 4.74 Å². The summed E-state index contributed by atoms with van der Waals surface area (Å²) in [6.45, 7) is 19.7. The van der Waals surface area contributed by atoms with Crippen molar-refractivity contribution >= 4 is 0 Å². The quantitative estimate of drug-likeness (QED) is 0.515. The summed E-state index contributed by atoms with van der Waals surface area (Å²) in [6.07, 6.45) is 14.6. The topological polar surface area (TPSA) is 19.0 Å². The number of nitrogens with zero attached hydrogens (tertiary/aromatic N) is 3. The first-order valence-electron chi connectivity index (χ1n) is 15.1. The SMILES string of the molecule is CC(C)N1CCC2(CC1)CC2C1CCC2(CCC2CC(C)N2CCCC3(COC3)C2)N1C(C)C. The van der Waals surface area contributed by atoms with E-state index in [2.05, 4.69) is 49.3 Å². The third kappa shape index (κ3) is 3.84. The van der Waals surface area contributed by atoms with Gasteiger partial charge in [-0.3, -0.25) is 9.80 Å². The lowest BCUT2D eigenvalue weighted by molar-refractivity contribution is -0.151. The van der Waals surface area contributed by atoms with Crippen LogP contribution >= 0.6 is 0 Å². The lowest BCUT2D eigenvalue weighted by atomic mass is 9.62. The van der Waals surface area contributed by atoms with Gasteiger partial charge in [-0.05, 0) is 136 Å². The first-order chi connectivity index (χ1) is 16.3. The van der Waals surface area contributed by atoms with E-state index in [1.54, 1.807) is 0 Å². The molecule has 4 heteroatoms. The van der Waals surface area contributed by atoms with Gasteiger partial charge < -0.3 is 9.64 Å². The number of rotatable bonds is 6. The van der Waals surface area contributed by atoms with Gasteiger partial charge in [-0.15, -0.1) is 0 Å². The Labute approximate surface area is 210 Å². The molecule has 4 nitrogen and oxygen atoms in total. The molecule has 0 aromatic heterocycles. The van der Waals surface area contributed by atoms with Gasteiger partial charge in [-0.2, -0.15) is 0 Å². The van der Waals surface area contributed by atoms with E-state index < -0.39 is 0 Å². The van der Waals surface area contributed by atoms with E-state index in [1.165, 1.54) is 90.4 Å². The van der Waals surface area contributed by atoms with Gasteiger partial charge in [0.2, 0.25) is 0 Å². The minimum atomic E-state index is 0.512. The Morgan fingerprint density at radius 1 is 0.824 bits per heavy atom. The maximum absolute atomic E-state index is 5.64. The summed E-state index contributed by atoms with van der Waals surface area (Å²) in [5.74, 6) is 1.91. The van der Waals surface area contributed by atoms with Crippen molar-refractivity contribution in [2.45, 2.75) is 129 Å². The number of likely N-dealkylation sites (tertiary alicyclic amines) is 3. The third-order valence-electron chi connectivity index (χ3n) is 12.0. The summed E-state index contributed by atoms with van der Waals surface area (Å²) in [5, 5.41) is 0.